The Labute approximate surface area is 128 Å². The molecule has 0 aromatic heterocycles. The fourth-order valence-corrected chi connectivity index (χ4v) is 6.60. The first-order valence-corrected chi connectivity index (χ1v) is 11.0. The van der Waals surface area contributed by atoms with Crippen molar-refractivity contribution in [3.8, 4) is 0 Å². The molecule has 0 bridgehead atoms. The summed E-state index contributed by atoms with van der Waals surface area (Å²) in [6.07, 6.45) is 5.62. The molecule has 1 atom stereocenters. The van der Waals surface area contributed by atoms with Crippen LogP contribution in [-0.2, 0) is 20.0 Å². The highest BCUT2D eigenvalue weighted by Gasteiger charge is 2.36. The standard InChI is InChI=1S/C13H26N2O4S2/c1-2-10-20(16,17)15-9-5-8-13(11-15)21(18,19)14-12-6-3-4-7-12/h12-14H,2-11H2,1H3/t13-/m1/s1. The third kappa shape index (κ3) is 4.40. The first kappa shape index (κ1) is 17.2. The summed E-state index contributed by atoms with van der Waals surface area (Å²) in [7, 11) is -6.74. The van der Waals surface area contributed by atoms with Gasteiger partial charge in [-0.2, -0.15) is 0 Å². The van der Waals surface area contributed by atoms with Gasteiger partial charge in [0, 0.05) is 19.1 Å². The van der Waals surface area contributed by atoms with E-state index in [0.717, 1.165) is 25.7 Å². The number of hydrogen-bond acceptors (Lipinski definition) is 4. The van der Waals surface area contributed by atoms with E-state index < -0.39 is 25.3 Å². The van der Waals surface area contributed by atoms with Gasteiger partial charge in [0.15, 0.2) is 0 Å². The van der Waals surface area contributed by atoms with E-state index in [1.54, 1.807) is 0 Å². The normalized spacial score (nSPS) is 26.2. The van der Waals surface area contributed by atoms with Crippen molar-refractivity contribution in [2.24, 2.45) is 0 Å². The summed E-state index contributed by atoms with van der Waals surface area (Å²) in [5.41, 5.74) is 0. The zero-order valence-electron chi connectivity index (χ0n) is 12.6. The van der Waals surface area contributed by atoms with E-state index in [4.69, 9.17) is 0 Å². The van der Waals surface area contributed by atoms with Crippen LogP contribution in [-0.4, -0.2) is 51.3 Å². The molecule has 21 heavy (non-hydrogen) atoms. The highest BCUT2D eigenvalue weighted by Crippen LogP contribution is 2.23. The zero-order chi connectivity index (χ0) is 15.5. The van der Waals surface area contributed by atoms with E-state index >= 15 is 0 Å². The average Bonchev–Trinajstić information content (AvgIpc) is 2.91. The molecule has 8 heteroatoms. The average molecular weight is 338 g/mol. The van der Waals surface area contributed by atoms with Gasteiger partial charge in [-0.05, 0) is 32.1 Å². The minimum absolute atomic E-state index is 0.0395. The maximum absolute atomic E-state index is 12.4. The van der Waals surface area contributed by atoms with Crippen molar-refractivity contribution in [3.05, 3.63) is 0 Å². The van der Waals surface area contributed by atoms with Crippen LogP contribution in [0.1, 0.15) is 51.9 Å². The van der Waals surface area contributed by atoms with Crippen molar-refractivity contribution in [1.82, 2.24) is 9.03 Å². The molecule has 1 aliphatic carbocycles. The molecule has 2 fully saturated rings. The fraction of sp³-hybridized carbons (Fsp3) is 1.00. The lowest BCUT2D eigenvalue weighted by Crippen LogP contribution is -2.50. The van der Waals surface area contributed by atoms with Gasteiger partial charge < -0.3 is 0 Å². The van der Waals surface area contributed by atoms with Crippen molar-refractivity contribution in [2.75, 3.05) is 18.8 Å². The van der Waals surface area contributed by atoms with E-state index in [0.29, 0.717) is 25.8 Å². The summed E-state index contributed by atoms with van der Waals surface area (Å²) in [4.78, 5) is 0. The zero-order valence-corrected chi connectivity index (χ0v) is 14.3. The van der Waals surface area contributed by atoms with Gasteiger partial charge in [-0.1, -0.05) is 19.8 Å². The van der Waals surface area contributed by atoms with Gasteiger partial charge in [-0.3, -0.25) is 0 Å². The SMILES string of the molecule is CCCS(=O)(=O)N1CCC[C@@H](S(=O)(=O)NC2CCCC2)C1. The van der Waals surface area contributed by atoms with Crippen LogP contribution in [0.25, 0.3) is 0 Å². The van der Waals surface area contributed by atoms with Crippen molar-refractivity contribution in [3.63, 3.8) is 0 Å². The Morgan fingerprint density at radius 3 is 2.33 bits per heavy atom. The van der Waals surface area contributed by atoms with Crippen molar-refractivity contribution >= 4 is 20.0 Å². The van der Waals surface area contributed by atoms with Gasteiger partial charge in [0.05, 0.1) is 11.0 Å². The number of nitrogens with zero attached hydrogens (tertiary/aromatic N) is 1. The summed E-state index contributed by atoms with van der Waals surface area (Å²) in [6, 6.07) is 0.0395. The van der Waals surface area contributed by atoms with Crippen molar-refractivity contribution in [1.29, 1.82) is 0 Å². The molecule has 1 saturated heterocycles. The van der Waals surface area contributed by atoms with E-state index in [1.807, 2.05) is 6.92 Å². The minimum Gasteiger partial charge on any atom is -0.212 e. The Morgan fingerprint density at radius 2 is 1.71 bits per heavy atom. The molecule has 0 radical (unpaired) electrons. The Kier molecular flexibility index (Phi) is 5.67. The number of rotatable bonds is 6. The van der Waals surface area contributed by atoms with Gasteiger partial charge in [-0.25, -0.2) is 25.9 Å². The summed E-state index contributed by atoms with van der Waals surface area (Å²) >= 11 is 0. The Balaban J connectivity index is 2.02. The summed E-state index contributed by atoms with van der Waals surface area (Å²) in [6.45, 7) is 2.36. The summed E-state index contributed by atoms with van der Waals surface area (Å²) in [5, 5.41) is -0.613. The van der Waals surface area contributed by atoms with Crippen molar-refractivity contribution in [2.45, 2.75) is 63.2 Å². The van der Waals surface area contributed by atoms with Gasteiger partial charge in [-0.15, -0.1) is 0 Å². The maximum atomic E-state index is 12.4. The Bertz CT molecular complexity index is 539. The van der Waals surface area contributed by atoms with Crippen LogP contribution < -0.4 is 4.72 Å². The largest absolute Gasteiger partial charge is 0.216 e. The molecule has 1 saturated carbocycles. The number of piperidine rings is 1. The third-order valence-corrected chi connectivity index (χ3v) is 8.29. The van der Waals surface area contributed by atoms with Crippen LogP contribution in [0.15, 0.2) is 0 Å². The molecule has 0 spiro atoms. The van der Waals surface area contributed by atoms with Gasteiger partial charge in [0.1, 0.15) is 0 Å². The molecule has 2 rings (SSSR count). The van der Waals surface area contributed by atoms with Crippen molar-refractivity contribution < 1.29 is 16.8 Å². The lowest BCUT2D eigenvalue weighted by molar-refractivity contribution is 0.343. The molecule has 124 valence electrons. The quantitative estimate of drug-likeness (QED) is 0.785. The second-order valence-electron chi connectivity index (χ2n) is 6.08. The van der Waals surface area contributed by atoms with E-state index in [-0.39, 0.29) is 18.3 Å². The predicted molar refractivity (Wildman–Crippen MR) is 83.0 cm³/mol. The lowest BCUT2D eigenvalue weighted by atomic mass is 10.2. The summed E-state index contributed by atoms with van der Waals surface area (Å²) in [5.74, 6) is 0.0931. The van der Waals surface area contributed by atoms with Crippen LogP contribution in [0.2, 0.25) is 0 Å². The van der Waals surface area contributed by atoms with Crippen LogP contribution >= 0.6 is 0 Å². The number of sulfonamides is 2. The van der Waals surface area contributed by atoms with Gasteiger partial charge in [0.2, 0.25) is 20.0 Å². The monoisotopic (exact) mass is 338 g/mol. The second-order valence-corrected chi connectivity index (χ2v) is 10.2. The molecule has 2 aliphatic rings. The molecule has 0 aromatic carbocycles. The molecule has 6 nitrogen and oxygen atoms in total. The first-order valence-electron chi connectivity index (χ1n) is 7.84. The van der Waals surface area contributed by atoms with Gasteiger partial charge >= 0.3 is 0 Å². The number of hydrogen-bond donors (Lipinski definition) is 1. The Morgan fingerprint density at radius 1 is 1.05 bits per heavy atom. The summed E-state index contributed by atoms with van der Waals surface area (Å²) < 4.78 is 53.2. The molecular weight excluding hydrogens is 312 g/mol. The minimum atomic E-state index is -3.43. The van der Waals surface area contributed by atoms with E-state index in [9.17, 15) is 16.8 Å². The smallest absolute Gasteiger partial charge is 0.212 e. The molecular formula is C13H26N2O4S2. The molecule has 0 amide bonds. The van der Waals surface area contributed by atoms with E-state index in [1.165, 1.54) is 4.31 Å². The predicted octanol–water partition coefficient (Wildman–Crippen LogP) is 1.05. The molecule has 0 unspecified atom stereocenters. The maximum Gasteiger partial charge on any atom is 0.216 e. The Hall–Kier alpha value is -0.180. The topological polar surface area (TPSA) is 83.6 Å². The van der Waals surface area contributed by atoms with E-state index in [2.05, 4.69) is 4.72 Å². The van der Waals surface area contributed by atoms with Crippen LogP contribution in [0.5, 0.6) is 0 Å². The molecule has 0 aromatic rings. The first-order chi connectivity index (χ1) is 9.85. The molecule has 1 N–H and O–H groups in total. The van der Waals surface area contributed by atoms with Crippen LogP contribution in [0, 0.1) is 0 Å². The second kappa shape index (κ2) is 6.93. The molecule has 1 heterocycles. The van der Waals surface area contributed by atoms with Crippen LogP contribution in [0.4, 0.5) is 0 Å². The highest BCUT2D eigenvalue weighted by atomic mass is 32.2. The lowest BCUT2D eigenvalue weighted by Gasteiger charge is -2.32. The third-order valence-electron chi connectivity index (χ3n) is 4.32. The molecule has 1 aliphatic heterocycles. The van der Waals surface area contributed by atoms with Gasteiger partial charge in [0.25, 0.3) is 0 Å². The highest BCUT2D eigenvalue weighted by molar-refractivity contribution is 7.90. The van der Waals surface area contributed by atoms with Crippen LogP contribution in [0.3, 0.4) is 0 Å². The fourth-order valence-electron chi connectivity index (χ4n) is 3.17. The number of nitrogens with one attached hydrogen (secondary N) is 1.